The second-order valence-electron chi connectivity index (χ2n) is 8.43. The van der Waals surface area contributed by atoms with E-state index in [1.807, 2.05) is 49.9 Å². The van der Waals surface area contributed by atoms with Crippen LogP contribution in [0.4, 0.5) is 0 Å². The van der Waals surface area contributed by atoms with Crippen LogP contribution in [-0.4, -0.2) is 48.9 Å². The number of hydrogen-bond donors (Lipinski definition) is 0. The Balaban J connectivity index is 1.68. The molecule has 2 aromatic heterocycles. The van der Waals surface area contributed by atoms with Gasteiger partial charge in [0, 0.05) is 35.3 Å². The molecule has 1 aliphatic rings. The van der Waals surface area contributed by atoms with Gasteiger partial charge in [0.2, 0.25) is 0 Å². The van der Waals surface area contributed by atoms with Crippen molar-refractivity contribution in [1.29, 1.82) is 0 Å². The summed E-state index contributed by atoms with van der Waals surface area (Å²) in [5, 5.41) is 9.97. The molecular weight excluding hydrogens is 444 g/mol. The highest BCUT2D eigenvalue weighted by molar-refractivity contribution is 7.98. The number of piperidine rings is 1. The fourth-order valence-corrected chi connectivity index (χ4v) is 4.89. The summed E-state index contributed by atoms with van der Waals surface area (Å²) in [6.07, 6.45) is 2.02. The number of aryl methyl sites for hydroxylation is 3. The monoisotopic (exact) mass is 470 g/mol. The van der Waals surface area contributed by atoms with Gasteiger partial charge in [-0.05, 0) is 63.3 Å². The van der Waals surface area contributed by atoms with E-state index < -0.39 is 0 Å². The van der Waals surface area contributed by atoms with Crippen LogP contribution in [0.5, 0.6) is 0 Å². The minimum atomic E-state index is -0.0710. The number of nitrogens with zero attached hydrogens (tertiary/aromatic N) is 6. The van der Waals surface area contributed by atoms with Crippen LogP contribution in [0.3, 0.4) is 0 Å². The van der Waals surface area contributed by atoms with Gasteiger partial charge < -0.3 is 4.90 Å². The molecule has 9 heteroatoms. The predicted octanol–water partition coefficient (Wildman–Crippen LogP) is 4.80. The molecule has 4 rings (SSSR count). The van der Waals surface area contributed by atoms with E-state index >= 15 is 0 Å². The van der Waals surface area contributed by atoms with Gasteiger partial charge in [0.15, 0.2) is 10.9 Å². The van der Waals surface area contributed by atoms with Gasteiger partial charge in [-0.25, -0.2) is 14.6 Å². The third kappa shape index (κ3) is 4.96. The van der Waals surface area contributed by atoms with Crippen molar-refractivity contribution in [3.8, 4) is 5.69 Å². The lowest BCUT2D eigenvalue weighted by atomic mass is 9.99. The molecule has 0 unspecified atom stereocenters. The van der Waals surface area contributed by atoms with Crippen LogP contribution >= 0.6 is 23.4 Å². The topological polar surface area (TPSA) is 76.8 Å². The number of hydrogen-bond acceptors (Lipinski definition) is 6. The van der Waals surface area contributed by atoms with Gasteiger partial charge in [-0.1, -0.05) is 41.6 Å². The Bertz CT molecular complexity index is 1120. The zero-order valence-electron chi connectivity index (χ0n) is 18.8. The fourth-order valence-electron chi connectivity index (χ4n) is 3.77. The molecule has 7 nitrogen and oxygen atoms in total. The van der Waals surface area contributed by atoms with Crippen molar-refractivity contribution < 1.29 is 4.79 Å². The summed E-state index contributed by atoms with van der Waals surface area (Å²) in [5.74, 6) is 1.03. The highest BCUT2D eigenvalue weighted by atomic mass is 35.5. The zero-order chi connectivity index (χ0) is 22.8. The summed E-state index contributed by atoms with van der Waals surface area (Å²) in [6.45, 7) is 9.57. The minimum absolute atomic E-state index is 0.0710. The van der Waals surface area contributed by atoms with Crippen LogP contribution in [0.1, 0.15) is 52.9 Å². The van der Waals surface area contributed by atoms with Crippen LogP contribution in [0, 0.1) is 26.7 Å². The van der Waals surface area contributed by atoms with E-state index in [0.717, 1.165) is 54.3 Å². The highest BCUT2D eigenvalue weighted by Gasteiger charge is 2.28. The van der Waals surface area contributed by atoms with E-state index in [1.54, 1.807) is 4.68 Å². The summed E-state index contributed by atoms with van der Waals surface area (Å²) in [6, 6.07) is 7.67. The molecule has 3 heterocycles. The van der Waals surface area contributed by atoms with E-state index in [-0.39, 0.29) is 5.91 Å². The second kappa shape index (κ2) is 9.58. The van der Waals surface area contributed by atoms with Gasteiger partial charge in [-0.15, -0.1) is 5.10 Å². The maximum atomic E-state index is 13.4. The predicted molar refractivity (Wildman–Crippen MR) is 126 cm³/mol. The summed E-state index contributed by atoms with van der Waals surface area (Å²) in [4.78, 5) is 24.3. The number of aromatic nitrogens is 5. The molecule has 0 aliphatic carbocycles. The van der Waals surface area contributed by atoms with Crippen molar-refractivity contribution in [3.63, 3.8) is 0 Å². The van der Waals surface area contributed by atoms with Crippen molar-refractivity contribution in [3.05, 3.63) is 57.6 Å². The average Bonchev–Trinajstić information content (AvgIpc) is 3.17. The Kier molecular flexibility index (Phi) is 6.81. The molecule has 1 saturated heterocycles. The molecule has 0 radical (unpaired) electrons. The Labute approximate surface area is 197 Å². The first-order chi connectivity index (χ1) is 15.3. The molecule has 0 atom stereocenters. The molecule has 0 N–H and O–H groups in total. The molecule has 1 amide bonds. The number of likely N-dealkylation sites (tertiary alicyclic amines) is 1. The molecule has 0 spiro atoms. The van der Waals surface area contributed by atoms with Crippen molar-refractivity contribution in [2.75, 3.05) is 13.1 Å². The summed E-state index contributed by atoms with van der Waals surface area (Å²) >= 11 is 7.84. The van der Waals surface area contributed by atoms with Gasteiger partial charge in [-0.3, -0.25) is 4.79 Å². The lowest BCUT2D eigenvalue weighted by Gasteiger charge is -2.29. The molecular formula is C23H27ClN6OS. The smallest absolute Gasteiger partial charge is 0.276 e. The number of amides is 1. The average molecular weight is 471 g/mol. The number of benzene rings is 1. The van der Waals surface area contributed by atoms with E-state index in [9.17, 15) is 4.79 Å². The number of halogens is 1. The van der Waals surface area contributed by atoms with Crippen LogP contribution in [0.2, 0.25) is 5.02 Å². The molecule has 0 saturated carbocycles. The van der Waals surface area contributed by atoms with Gasteiger partial charge in [0.1, 0.15) is 0 Å². The number of carbonyl (C=O) groups is 1. The first kappa shape index (κ1) is 22.7. The van der Waals surface area contributed by atoms with Crippen LogP contribution < -0.4 is 0 Å². The molecule has 1 aromatic carbocycles. The van der Waals surface area contributed by atoms with Gasteiger partial charge in [0.05, 0.1) is 11.4 Å². The van der Waals surface area contributed by atoms with Crippen LogP contribution in [0.25, 0.3) is 5.69 Å². The van der Waals surface area contributed by atoms with Crippen molar-refractivity contribution in [2.45, 2.75) is 51.4 Å². The zero-order valence-corrected chi connectivity index (χ0v) is 20.4. The normalized spacial score (nSPS) is 14.7. The van der Waals surface area contributed by atoms with Gasteiger partial charge in [0.25, 0.3) is 5.91 Å². The standard InChI is InChI=1S/C23H27ClN6OS/c1-14-7-9-29(10-8-14)22(31)21-20(13-32-23-25-16(3)11-17(4)26-23)30(28-27-21)18-6-5-15(2)19(24)12-18/h5-6,11-12,14H,7-10,13H2,1-4H3. The summed E-state index contributed by atoms with van der Waals surface area (Å²) in [5.41, 5.74) is 4.69. The van der Waals surface area contributed by atoms with Gasteiger partial charge in [-0.2, -0.15) is 0 Å². The van der Waals surface area contributed by atoms with Crippen molar-refractivity contribution in [1.82, 2.24) is 29.9 Å². The molecule has 32 heavy (non-hydrogen) atoms. The molecule has 1 aliphatic heterocycles. The third-order valence-electron chi connectivity index (χ3n) is 5.74. The Hall–Kier alpha value is -2.45. The quantitative estimate of drug-likeness (QED) is 0.393. The van der Waals surface area contributed by atoms with E-state index in [0.29, 0.717) is 27.5 Å². The maximum Gasteiger partial charge on any atom is 0.276 e. The third-order valence-corrected chi connectivity index (χ3v) is 7.00. The molecule has 0 bridgehead atoms. The van der Waals surface area contributed by atoms with Gasteiger partial charge >= 0.3 is 0 Å². The number of rotatable bonds is 5. The molecule has 1 fully saturated rings. The second-order valence-corrected chi connectivity index (χ2v) is 9.78. The molecule has 168 valence electrons. The number of carbonyl (C=O) groups excluding carboxylic acids is 1. The van der Waals surface area contributed by atoms with Crippen molar-refractivity contribution >= 4 is 29.3 Å². The molecule has 3 aromatic rings. The lowest BCUT2D eigenvalue weighted by molar-refractivity contribution is 0.0690. The van der Waals surface area contributed by atoms with Crippen molar-refractivity contribution in [2.24, 2.45) is 5.92 Å². The highest BCUT2D eigenvalue weighted by Crippen LogP contribution is 2.27. The van der Waals surface area contributed by atoms with E-state index in [4.69, 9.17) is 11.6 Å². The van der Waals surface area contributed by atoms with E-state index in [1.165, 1.54) is 11.8 Å². The largest absolute Gasteiger partial charge is 0.337 e. The Morgan fingerprint density at radius 2 is 1.81 bits per heavy atom. The Morgan fingerprint density at radius 3 is 2.47 bits per heavy atom. The van der Waals surface area contributed by atoms with E-state index in [2.05, 4.69) is 27.2 Å². The fraction of sp³-hybridized carbons (Fsp3) is 0.435. The maximum absolute atomic E-state index is 13.4. The number of thioether (sulfide) groups is 1. The lowest BCUT2D eigenvalue weighted by Crippen LogP contribution is -2.38. The summed E-state index contributed by atoms with van der Waals surface area (Å²) < 4.78 is 1.71. The minimum Gasteiger partial charge on any atom is -0.337 e. The first-order valence-electron chi connectivity index (χ1n) is 10.8. The Morgan fingerprint density at radius 1 is 1.12 bits per heavy atom. The SMILES string of the molecule is Cc1cc(C)nc(SCc2c(C(=O)N3CCC(C)CC3)nnn2-c2ccc(C)c(Cl)c2)n1. The van der Waals surface area contributed by atoms with Crippen LogP contribution in [-0.2, 0) is 5.75 Å². The first-order valence-corrected chi connectivity index (χ1v) is 12.1. The van der Waals surface area contributed by atoms with Crippen LogP contribution in [0.15, 0.2) is 29.4 Å². The summed E-state index contributed by atoms with van der Waals surface area (Å²) in [7, 11) is 0.